The molecule has 0 amide bonds. The molecule has 1 aliphatic carbocycles. The van der Waals surface area contributed by atoms with Crippen LogP contribution in [0.5, 0.6) is 11.6 Å². The van der Waals surface area contributed by atoms with Crippen molar-refractivity contribution in [2.75, 3.05) is 7.05 Å². The molecule has 0 unspecified atom stereocenters. The van der Waals surface area contributed by atoms with E-state index in [9.17, 15) is 0 Å². The summed E-state index contributed by atoms with van der Waals surface area (Å²) < 4.78 is 5.98. The van der Waals surface area contributed by atoms with Gasteiger partial charge in [-0.3, -0.25) is 0 Å². The Morgan fingerprint density at radius 3 is 2.71 bits per heavy atom. The lowest BCUT2D eigenvalue weighted by molar-refractivity contribution is 0.456. The van der Waals surface area contributed by atoms with Crippen LogP contribution in [0, 0.1) is 6.92 Å². The van der Waals surface area contributed by atoms with E-state index in [-0.39, 0.29) is 0 Å². The van der Waals surface area contributed by atoms with E-state index < -0.39 is 0 Å². The average molecular weight is 282 g/mol. The fourth-order valence-electron chi connectivity index (χ4n) is 2.91. The molecule has 2 aromatic rings. The van der Waals surface area contributed by atoms with E-state index in [0.717, 1.165) is 17.9 Å². The molecule has 0 fully saturated rings. The summed E-state index contributed by atoms with van der Waals surface area (Å²) in [5.41, 5.74) is 5.15. The molecule has 0 aliphatic heterocycles. The SMILES string of the molecule is CNCc1cnc(Oc2ccc3c(c2)CCCC3)c(C)c1. The Bertz CT molecular complexity index is 637. The van der Waals surface area contributed by atoms with Crippen LogP contribution in [-0.2, 0) is 19.4 Å². The van der Waals surface area contributed by atoms with Gasteiger partial charge in [0, 0.05) is 18.3 Å². The van der Waals surface area contributed by atoms with Crippen molar-refractivity contribution in [1.82, 2.24) is 10.3 Å². The maximum atomic E-state index is 5.98. The van der Waals surface area contributed by atoms with Gasteiger partial charge in [-0.1, -0.05) is 6.07 Å². The minimum Gasteiger partial charge on any atom is -0.439 e. The van der Waals surface area contributed by atoms with Crippen LogP contribution in [0.3, 0.4) is 0 Å². The van der Waals surface area contributed by atoms with Crippen LogP contribution in [-0.4, -0.2) is 12.0 Å². The molecule has 1 aromatic carbocycles. The van der Waals surface area contributed by atoms with Gasteiger partial charge in [0.15, 0.2) is 0 Å². The van der Waals surface area contributed by atoms with Gasteiger partial charge in [-0.2, -0.15) is 0 Å². The Hall–Kier alpha value is -1.87. The van der Waals surface area contributed by atoms with Crippen LogP contribution in [0.4, 0.5) is 0 Å². The number of nitrogens with zero attached hydrogens (tertiary/aromatic N) is 1. The van der Waals surface area contributed by atoms with Gasteiger partial charge in [0.1, 0.15) is 5.75 Å². The first-order valence-corrected chi connectivity index (χ1v) is 7.66. The number of rotatable bonds is 4. The summed E-state index contributed by atoms with van der Waals surface area (Å²) in [6, 6.07) is 8.57. The maximum absolute atomic E-state index is 5.98. The molecule has 21 heavy (non-hydrogen) atoms. The Morgan fingerprint density at radius 1 is 1.14 bits per heavy atom. The van der Waals surface area contributed by atoms with Crippen LogP contribution in [0.25, 0.3) is 0 Å². The predicted octanol–water partition coefficient (Wildman–Crippen LogP) is 3.78. The van der Waals surface area contributed by atoms with Gasteiger partial charge in [-0.05, 0) is 74.5 Å². The van der Waals surface area contributed by atoms with Gasteiger partial charge >= 0.3 is 0 Å². The standard InChI is InChI=1S/C18H22N2O/c1-13-9-14(11-19-2)12-20-18(13)21-17-8-7-15-5-3-4-6-16(15)10-17/h7-10,12,19H,3-6,11H2,1-2H3. The largest absolute Gasteiger partial charge is 0.439 e. The summed E-state index contributed by atoms with van der Waals surface area (Å²) in [5, 5.41) is 3.13. The zero-order chi connectivity index (χ0) is 14.7. The second kappa shape index (κ2) is 6.27. The zero-order valence-corrected chi connectivity index (χ0v) is 12.8. The van der Waals surface area contributed by atoms with Crippen LogP contribution < -0.4 is 10.1 Å². The summed E-state index contributed by atoms with van der Waals surface area (Å²) in [4.78, 5) is 4.44. The number of benzene rings is 1. The highest BCUT2D eigenvalue weighted by Gasteiger charge is 2.11. The molecule has 0 radical (unpaired) electrons. The molecule has 0 bridgehead atoms. The third-order valence-electron chi connectivity index (χ3n) is 4.00. The third kappa shape index (κ3) is 3.24. The van der Waals surface area contributed by atoms with Gasteiger partial charge in [-0.25, -0.2) is 4.98 Å². The fraction of sp³-hybridized carbons (Fsp3) is 0.389. The second-order valence-corrected chi connectivity index (χ2v) is 5.74. The van der Waals surface area contributed by atoms with Crippen molar-refractivity contribution < 1.29 is 4.74 Å². The number of aromatic nitrogens is 1. The van der Waals surface area contributed by atoms with Gasteiger partial charge in [-0.15, -0.1) is 0 Å². The number of nitrogens with one attached hydrogen (secondary N) is 1. The van der Waals surface area contributed by atoms with Crippen molar-refractivity contribution in [2.24, 2.45) is 0 Å². The van der Waals surface area contributed by atoms with Gasteiger partial charge < -0.3 is 10.1 Å². The summed E-state index contributed by atoms with van der Waals surface area (Å²) >= 11 is 0. The van der Waals surface area contributed by atoms with Crippen molar-refractivity contribution in [3.63, 3.8) is 0 Å². The van der Waals surface area contributed by atoms with E-state index >= 15 is 0 Å². The minimum atomic E-state index is 0.700. The minimum absolute atomic E-state index is 0.700. The molecule has 3 rings (SSSR count). The average Bonchev–Trinajstić information content (AvgIpc) is 2.50. The Labute approximate surface area is 126 Å². The topological polar surface area (TPSA) is 34.2 Å². The first kappa shape index (κ1) is 14.1. The second-order valence-electron chi connectivity index (χ2n) is 5.74. The molecule has 1 aromatic heterocycles. The number of hydrogen-bond donors (Lipinski definition) is 1. The van der Waals surface area contributed by atoms with E-state index in [1.807, 2.05) is 20.2 Å². The molecule has 0 saturated heterocycles. The highest BCUT2D eigenvalue weighted by atomic mass is 16.5. The number of ether oxygens (including phenoxy) is 1. The lowest BCUT2D eigenvalue weighted by Gasteiger charge is -2.17. The Balaban J connectivity index is 1.80. The zero-order valence-electron chi connectivity index (χ0n) is 12.8. The smallest absolute Gasteiger partial charge is 0.222 e. The third-order valence-corrected chi connectivity index (χ3v) is 4.00. The Morgan fingerprint density at radius 2 is 1.95 bits per heavy atom. The van der Waals surface area contributed by atoms with Gasteiger partial charge in [0.05, 0.1) is 0 Å². The van der Waals surface area contributed by atoms with Crippen molar-refractivity contribution in [1.29, 1.82) is 0 Å². The number of hydrogen-bond acceptors (Lipinski definition) is 3. The Kier molecular flexibility index (Phi) is 4.20. The lowest BCUT2D eigenvalue weighted by Crippen LogP contribution is -2.06. The number of pyridine rings is 1. The number of aryl methyl sites for hydroxylation is 3. The van der Waals surface area contributed by atoms with E-state index in [1.165, 1.54) is 42.4 Å². The molecule has 110 valence electrons. The van der Waals surface area contributed by atoms with E-state index in [0.29, 0.717) is 5.88 Å². The molecular weight excluding hydrogens is 260 g/mol. The van der Waals surface area contributed by atoms with E-state index in [2.05, 4.69) is 34.6 Å². The van der Waals surface area contributed by atoms with E-state index in [1.54, 1.807) is 0 Å². The lowest BCUT2D eigenvalue weighted by atomic mass is 9.92. The van der Waals surface area contributed by atoms with Gasteiger partial charge in [0.2, 0.25) is 5.88 Å². The summed E-state index contributed by atoms with van der Waals surface area (Å²) in [5.74, 6) is 1.60. The maximum Gasteiger partial charge on any atom is 0.222 e. The van der Waals surface area contributed by atoms with Crippen LogP contribution in [0.1, 0.15) is 35.1 Å². The molecule has 3 nitrogen and oxygen atoms in total. The summed E-state index contributed by atoms with van der Waals surface area (Å²) in [6.07, 6.45) is 6.83. The molecule has 0 spiro atoms. The van der Waals surface area contributed by atoms with Crippen molar-refractivity contribution in [2.45, 2.75) is 39.2 Å². The molecule has 0 saturated carbocycles. The van der Waals surface area contributed by atoms with Crippen molar-refractivity contribution in [3.8, 4) is 11.6 Å². The summed E-state index contributed by atoms with van der Waals surface area (Å²) in [7, 11) is 1.94. The molecule has 3 heteroatoms. The first-order chi connectivity index (χ1) is 10.3. The van der Waals surface area contributed by atoms with Crippen LogP contribution in [0.15, 0.2) is 30.5 Å². The monoisotopic (exact) mass is 282 g/mol. The molecule has 1 aliphatic rings. The highest BCUT2D eigenvalue weighted by molar-refractivity contribution is 5.40. The quantitative estimate of drug-likeness (QED) is 0.926. The normalized spacial score (nSPS) is 13.8. The van der Waals surface area contributed by atoms with Crippen LogP contribution in [0.2, 0.25) is 0 Å². The molecule has 1 N–H and O–H groups in total. The van der Waals surface area contributed by atoms with E-state index in [4.69, 9.17) is 4.74 Å². The summed E-state index contributed by atoms with van der Waals surface area (Å²) in [6.45, 7) is 2.87. The predicted molar refractivity (Wildman–Crippen MR) is 84.9 cm³/mol. The highest BCUT2D eigenvalue weighted by Crippen LogP contribution is 2.29. The van der Waals surface area contributed by atoms with Crippen LogP contribution >= 0.6 is 0 Å². The molecule has 1 heterocycles. The van der Waals surface area contributed by atoms with Crippen molar-refractivity contribution >= 4 is 0 Å². The molecular formula is C18H22N2O. The fourth-order valence-corrected chi connectivity index (χ4v) is 2.91. The van der Waals surface area contributed by atoms with Gasteiger partial charge in [0.25, 0.3) is 0 Å². The van der Waals surface area contributed by atoms with Crippen molar-refractivity contribution in [3.05, 3.63) is 52.7 Å². The molecule has 0 atom stereocenters. The first-order valence-electron chi connectivity index (χ1n) is 7.66. The number of fused-ring (bicyclic) bond motifs is 1.